The number of H-pyrrole nitrogens is 1. The first kappa shape index (κ1) is 41.2. The molecule has 1 aliphatic rings. The summed E-state index contributed by atoms with van der Waals surface area (Å²) in [5, 5.41) is 6.52. The van der Waals surface area contributed by atoms with Crippen LogP contribution >= 0.6 is 0 Å². The molecule has 0 aromatic carbocycles. The van der Waals surface area contributed by atoms with Gasteiger partial charge >= 0.3 is 0 Å². The van der Waals surface area contributed by atoms with Crippen molar-refractivity contribution in [3.05, 3.63) is 48.8 Å². The Bertz CT molecular complexity index is 2080. The summed E-state index contributed by atoms with van der Waals surface area (Å²) in [6, 6.07) is 3.98. The van der Waals surface area contributed by atoms with E-state index in [0.29, 0.717) is 120 Å². The quantitative estimate of drug-likeness (QED) is 0.0808. The Kier molecular flexibility index (Phi) is 14.9. The Hall–Kier alpha value is -5.43. The third-order valence-corrected chi connectivity index (χ3v) is 9.89. The number of Topliss-reactive ketones (excluding diaryl/α,β-unsaturated/α-hetero) is 2. The van der Waals surface area contributed by atoms with E-state index in [9.17, 15) is 14.4 Å². The molecule has 304 valence electrons. The SMILES string of the molecule is CN(CC(=O)CCCOCCOCCC(=O)CCCCCn1nc(-c2cnc3[nH]ccc3c2)c2c(N)ncnc21)CC(=O)N1CCN(c2ncc(CN)cn2)CC1. The molecule has 5 aromatic rings. The summed E-state index contributed by atoms with van der Waals surface area (Å²) in [5.74, 6) is 1.25. The average Bonchev–Trinajstić information content (AvgIpc) is 3.85. The van der Waals surface area contributed by atoms with E-state index < -0.39 is 0 Å². The van der Waals surface area contributed by atoms with Crippen molar-refractivity contribution in [1.82, 2.24) is 49.5 Å². The standard InChI is InChI=1S/C39H53N13O5/c1-49(26-33(55)50-12-14-51(15-13-50)39-44-22-28(21-40)23-45-39)25-32(54)7-5-16-56-18-19-57-17-9-31(53)6-3-2-4-11-52-38-34(36(41)46-27-47-38)35(48-52)30-20-29-8-10-42-37(29)43-24-30/h8,10,20,22-24,27H,2-7,9,11-19,21,25-26,40H2,1H3,(H,42,43)(H2,41,46,47). The molecule has 0 atom stereocenters. The molecule has 18 nitrogen and oxygen atoms in total. The van der Waals surface area contributed by atoms with Gasteiger partial charge in [0.25, 0.3) is 0 Å². The van der Waals surface area contributed by atoms with E-state index in [2.05, 4.69) is 34.8 Å². The monoisotopic (exact) mass is 783 g/mol. The maximum absolute atomic E-state index is 12.8. The van der Waals surface area contributed by atoms with Gasteiger partial charge in [0.2, 0.25) is 11.9 Å². The number of ketones is 2. The van der Waals surface area contributed by atoms with Crippen LogP contribution in [0.15, 0.2) is 43.2 Å². The molecule has 6 rings (SSSR count). The number of rotatable bonds is 23. The number of carbonyl (C=O) groups is 3. The molecule has 1 aliphatic heterocycles. The van der Waals surface area contributed by atoms with Gasteiger partial charge in [0.15, 0.2) is 5.65 Å². The number of likely N-dealkylation sites (N-methyl/N-ethyl adjacent to an activating group) is 1. The minimum Gasteiger partial charge on any atom is -0.383 e. The molecule has 0 radical (unpaired) electrons. The zero-order valence-electron chi connectivity index (χ0n) is 32.6. The summed E-state index contributed by atoms with van der Waals surface area (Å²) in [6.07, 6.45) is 12.8. The number of carbonyl (C=O) groups excluding carboxylic acids is 3. The van der Waals surface area contributed by atoms with Gasteiger partial charge < -0.3 is 35.7 Å². The molecule has 0 saturated carbocycles. The van der Waals surface area contributed by atoms with Gasteiger partial charge in [0.05, 0.1) is 38.3 Å². The molecule has 5 N–H and O–H groups in total. The lowest BCUT2D eigenvalue weighted by Gasteiger charge is -2.35. The van der Waals surface area contributed by atoms with Crippen LogP contribution in [0.25, 0.3) is 33.3 Å². The third kappa shape index (κ3) is 11.6. The van der Waals surface area contributed by atoms with Crippen molar-refractivity contribution in [3.63, 3.8) is 0 Å². The zero-order chi connectivity index (χ0) is 40.0. The molecule has 1 fully saturated rings. The van der Waals surface area contributed by atoms with Crippen molar-refractivity contribution in [1.29, 1.82) is 0 Å². The highest BCUT2D eigenvalue weighted by Crippen LogP contribution is 2.31. The number of aryl methyl sites for hydroxylation is 1. The number of hydrogen-bond acceptors (Lipinski definition) is 15. The topological polar surface area (TPSA) is 229 Å². The molecule has 0 unspecified atom stereocenters. The highest BCUT2D eigenvalue weighted by molar-refractivity contribution is 5.99. The van der Waals surface area contributed by atoms with Gasteiger partial charge in [0, 0.05) is 106 Å². The molecule has 1 amide bonds. The molecular formula is C39H53N13O5. The fourth-order valence-corrected chi connectivity index (χ4v) is 6.76. The molecule has 1 saturated heterocycles. The van der Waals surface area contributed by atoms with Crippen LogP contribution in [0.2, 0.25) is 0 Å². The number of aromatic nitrogens is 8. The van der Waals surface area contributed by atoms with Gasteiger partial charge in [-0.3, -0.25) is 19.3 Å². The number of nitrogens with one attached hydrogen (secondary N) is 1. The van der Waals surface area contributed by atoms with Crippen LogP contribution in [-0.4, -0.2) is 140 Å². The van der Waals surface area contributed by atoms with Crippen LogP contribution in [0.5, 0.6) is 0 Å². The minimum atomic E-state index is 0.00262. The summed E-state index contributed by atoms with van der Waals surface area (Å²) in [5.41, 5.74) is 15.8. The van der Waals surface area contributed by atoms with Crippen LogP contribution in [0.3, 0.4) is 0 Å². The summed E-state index contributed by atoms with van der Waals surface area (Å²) in [7, 11) is 1.79. The highest BCUT2D eigenvalue weighted by Gasteiger charge is 2.24. The van der Waals surface area contributed by atoms with Crippen molar-refractivity contribution < 1.29 is 23.9 Å². The van der Waals surface area contributed by atoms with Crippen molar-refractivity contribution in [2.45, 2.75) is 58.0 Å². The first-order valence-corrected chi connectivity index (χ1v) is 19.6. The third-order valence-electron chi connectivity index (χ3n) is 9.89. The predicted octanol–water partition coefficient (Wildman–Crippen LogP) is 2.38. The van der Waals surface area contributed by atoms with E-state index in [1.165, 1.54) is 6.33 Å². The first-order chi connectivity index (χ1) is 27.8. The van der Waals surface area contributed by atoms with Crippen LogP contribution in [-0.2, 0) is 36.9 Å². The van der Waals surface area contributed by atoms with Crippen LogP contribution in [0, 0.1) is 0 Å². The number of nitrogens with zero attached hydrogens (tertiary/aromatic N) is 10. The second kappa shape index (κ2) is 20.7. The summed E-state index contributed by atoms with van der Waals surface area (Å²) in [4.78, 5) is 68.3. The number of nitrogen functional groups attached to an aromatic ring is 1. The number of amides is 1. The van der Waals surface area contributed by atoms with E-state index in [4.69, 9.17) is 26.0 Å². The van der Waals surface area contributed by atoms with Gasteiger partial charge in [-0.2, -0.15) is 5.10 Å². The van der Waals surface area contributed by atoms with Gasteiger partial charge in [0.1, 0.15) is 35.1 Å². The molecule has 0 aliphatic carbocycles. The van der Waals surface area contributed by atoms with E-state index in [0.717, 1.165) is 41.4 Å². The zero-order valence-corrected chi connectivity index (χ0v) is 32.6. The van der Waals surface area contributed by atoms with E-state index in [-0.39, 0.29) is 30.6 Å². The second-order valence-corrected chi connectivity index (χ2v) is 14.3. The van der Waals surface area contributed by atoms with Gasteiger partial charge in [-0.15, -0.1) is 0 Å². The number of anilines is 2. The number of aromatic amines is 1. The van der Waals surface area contributed by atoms with E-state index in [1.54, 1.807) is 30.5 Å². The minimum absolute atomic E-state index is 0.00262. The number of hydrogen-bond donors (Lipinski definition) is 3. The summed E-state index contributed by atoms with van der Waals surface area (Å²) >= 11 is 0. The van der Waals surface area contributed by atoms with Crippen LogP contribution in [0.1, 0.15) is 50.5 Å². The number of nitrogens with two attached hydrogens (primary N) is 2. The Balaban J connectivity index is 0.763. The largest absolute Gasteiger partial charge is 0.383 e. The maximum Gasteiger partial charge on any atom is 0.236 e. The number of fused-ring (bicyclic) bond motifs is 2. The molecule has 5 aromatic heterocycles. The van der Waals surface area contributed by atoms with Crippen molar-refractivity contribution >= 4 is 51.3 Å². The Labute approximate surface area is 331 Å². The molecular weight excluding hydrogens is 731 g/mol. The average molecular weight is 784 g/mol. The van der Waals surface area contributed by atoms with Crippen molar-refractivity contribution in [2.24, 2.45) is 5.73 Å². The second-order valence-electron chi connectivity index (χ2n) is 14.3. The van der Waals surface area contributed by atoms with Gasteiger partial charge in [-0.1, -0.05) is 6.42 Å². The predicted molar refractivity (Wildman–Crippen MR) is 215 cm³/mol. The highest BCUT2D eigenvalue weighted by atomic mass is 16.5. The fourth-order valence-electron chi connectivity index (χ4n) is 6.76. The van der Waals surface area contributed by atoms with Crippen molar-refractivity contribution in [3.8, 4) is 11.3 Å². The van der Waals surface area contributed by atoms with Crippen LogP contribution < -0.4 is 16.4 Å². The smallest absolute Gasteiger partial charge is 0.236 e. The fraction of sp³-hybridized carbons (Fsp3) is 0.513. The molecule has 0 bridgehead atoms. The summed E-state index contributed by atoms with van der Waals surface area (Å²) < 4.78 is 13.1. The van der Waals surface area contributed by atoms with Gasteiger partial charge in [-0.05, 0) is 38.4 Å². The molecule has 6 heterocycles. The molecule has 57 heavy (non-hydrogen) atoms. The molecule has 18 heteroatoms. The Morgan fingerprint density at radius 2 is 1.61 bits per heavy atom. The number of ether oxygens (including phenoxy) is 2. The van der Waals surface area contributed by atoms with Crippen LogP contribution in [0.4, 0.5) is 11.8 Å². The number of piperazine rings is 1. The lowest BCUT2D eigenvalue weighted by molar-refractivity contribution is -0.133. The maximum atomic E-state index is 12.8. The first-order valence-electron chi connectivity index (χ1n) is 19.6. The van der Waals surface area contributed by atoms with E-state index >= 15 is 0 Å². The van der Waals surface area contributed by atoms with Crippen molar-refractivity contribution in [2.75, 3.05) is 83.4 Å². The number of pyridine rings is 1. The van der Waals surface area contributed by atoms with E-state index in [1.807, 2.05) is 27.9 Å². The number of unbranched alkanes of at least 4 members (excludes halogenated alkanes) is 2. The Morgan fingerprint density at radius 1 is 0.842 bits per heavy atom. The Morgan fingerprint density at radius 3 is 2.40 bits per heavy atom. The lowest BCUT2D eigenvalue weighted by Crippen LogP contribution is -2.51. The summed E-state index contributed by atoms with van der Waals surface area (Å²) in [6.45, 7) is 5.46. The normalized spacial score (nSPS) is 13.3. The molecule has 0 spiro atoms. The van der Waals surface area contributed by atoms with Gasteiger partial charge in [-0.25, -0.2) is 29.6 Å². The lowest BCUT2D eigenvalue weighted by atomic mass is 10.1.